The molecule has 2 aliphatic rings. The summed E-state index contributed by atoms with van der Waals surface area (Å²) in [4.78, 5) is 36.8. The SMILES string of the molecule is [Er].c1ccc2c(c1)-c1nc-2nc2[nH]c(nc3nc(nc4[nH]c(n1)c1ccccc41)-c1ccccc1-3)c1ccccc21. The van der Waals surface area contributed by atoms with Gasteiger partial charge in [0.25, 0.3) is 0 Å². The van der Waals surface area contributed by atoms with Crippen molar-refractivity contribution >= 4 is 44.1 Å². The molecule has 7 aromatic rings. The molecule has 0 spiro atoms. The predicted octanol–water partition coefficient (Wildman–Crippen LogP) is 6.87. The smallest absolute Gasteiger partial charge is 0.164 e. The molecule has 0 saturated heterocycles. The van der Waals surface area contributed by atoms with Gasteiger partial charge < -0.3 is 9.97 Å². The van der Waals surface area contributed by atoms with Crippen LogP contribution in [0.2, 0.25) is 0 Å². The standard InChI is InChI=1S/C32H18N8.Er/c1-2-10-18-17(9-1)25-33-26(18)38-28-21-13-5-6-14-22(21)30(35-28)40-32-24-16-8-7-15-23(24)31(36-32)39-29-20-12-4-3-11-19(20)27(34-29)37-25;/h1-16H,(H2,33,34,35,36,37,38,39,40);. The van der Waals surface area contributed by atoms with Crippen LogP contribution in [0.15, 0.2) is 97.1 Å². The van der Waals surface area contributed by atoms with Gasteiger partial charge in [-0.3, -0.25) is 0 Å². The molecule has 9 heteroatoms. The van der Waals surface area contributed by atoms with E-state index in [1.165, 1.54) is 0 Å². The fourth-order valence-electron chi connectivity index (χ4n) is 5.59. The van der Waals surface area contributed by atoms with Gasteiger partial charge in [0.2, 0.25) is 0 Å². The van der Waals surface area contributed by atoms with Crippen molar-refractivity contribution in [2.24, 2.45) is 0 Å². The van der Waals surface area contributed by atoms with E-state index in [2.05, 4.69) is 9.97 Å². The molecule has 0 aliphatic carbocycles. The number of nitrogens with zero attached hydrogens (tertiary/aromatic N) is 6. The van der Waals surface area contributed by atoms with Gasteiger partial charge >= 0.3 is 0 Å². The summed E-state index contributed by atoms with van der Waals surface area (Å²) in [6.45, 7) is 0. The molecular weight excluding hydrogens is 664 g/mol. The number of hydrogen-bond acceptors (Lipinski definition) is 6. The normalized spacial score (nSPS) is 11.7. The number of fused-ring (bicyclic) bond motifs is 20. The molecule has 198 valence electrons. The van der Waals surface area contributed by atoms with E-state index in [0.717, 1.165) is 43.8 Å². The second kappa shape index (κ2) is 9.27. The molecule has 0 saturated carbocycles. The topological polar surface area (TPSA) is 109 Å². The van der Waals surface area contributed by atoms with Crippen LogP contribution in [0.4, 0.5) is 0 Å². The van der Waals surface area contributed by atoms with Crippen LogP contribution in [-0.4, -0.2) is 39.9 Å². The zero-order chi connectivity index (χ0) is 26.2. The predicted molar refractivity (Wildman–Crippen MR) is 156 cm³/mol. The summed E-state index contributed by atoms with van der Waals surface area (Å²) in [5.41, 5.74) is 6.45. The van der Waals surface area contributed by atoms with E-state index >= 15 is 0 Å². The number of rotatable bonds is 0. The zero-order valence-electron chi connectivity index (χ0n) is 21.2. The minimum absolute atomic E-state index is 0. The fourth-order valence-corrected chi connectivity index (χ4v) is 5.59. The maximum atomic E-state index is 5.02. The van der Waals surface area contributed by atoms with Crippen LogP contribution in [0.5, 0.6) is 0 Å². The molecule has 0 unspecified atom stereocenters. The molecule has 0 fully saturated rings. The molecular formula is C32H18ErN8. The number of nitrogens with one attached hydrogen (secondary N) is 2. The minimum Gasteiger partial charge on any atom is -0.324 e. The average Bonchev–Trinajstić information content (AvgIpc) is 3.73. The first-order chi connectivity index (χ1) is 19.8. The van der Waals surface area contributed by atoms with Gasteiger partial charge in [0.15, 0.2) is 23.3 Å². The van der Waals surface area contributed by atoms with Crippen molar-refractivity contribution in [2.45, 2.75) is 0 Å². The van der Waals surface area contributed by atoms with Crippen molar-refractivity contribution in [3.8, 4) is 45.6 Å². The molecule has 0 radical (unpaired) electrons. The Kier molecular flexibility index (Phi) is 5.49. The van der Waals surface area contributed by atoms with Crippen LogP contribution in [0, 0.1) is 37.3 Å². The van der Waals surface area contributed by atoms with Crippen molar-refractivity contribution < 1.29 is 37.3 Å². The first kappa shape index (κ1) is 24.3. The van der Waals surface area contributed by atoms with Crippen molar-refractivity contribution in [2.75, 3.05) is 0 Å². The van der Waals surface area contributed by atoms with Crippen molar-refractivity contribution in [3.63, 3.8) is 0 Å². The maximum absolute atomic E-state index is 5.02. The molecule has 0 amide bonds. The summed E-state index contributed by atoms with van der Waals surface area (Å²) < 4.78 is 0. The third kappa shape index (κ3) is 3.72. The average molecular weight is 682 g/mol. The van der Waals surface area contributed by atoms with Crippen molar-refractivity contribution in [1.29, 1.82) is 0 Å². The fraction of sp³-hybridized carbons (Fsp3) is 0. The molecule has 8 nitrogen and oxygen atoms in total. The van der Waals surface area contributed by atoms with Crippen molar-refractivity contribution in [1.82, 2.24) is 39.9 Å². The Balaban J connectivity index is 0.00000256. The molecule has 4 aromatic carbocycles. The summed E-state index contributed by atoms with van der Waals surface area (Å²) in [7, 11) is 0. The van der Waals surface area contributed by atoms with Crippen LogP contribution < -0.4 is 0 Å². The van der Waals surface area contributed by atoms with Gasteiger partial charge in [-0.05, 0) is 0 Å². The molecule has 2 N–H and O–H groups in total. The van der Waals surface area contributed by atoms with E-state index in [1.807, 2.05) is 97.1 Å². The van der Waals surface area contributed by atoms with Gasteiger partial charge in [-0.15, -0.1) is 0 Å². The van der Waals surface area contributed by atoms with Gasteiger partial charge in [0.05, 0.1) is 0 Å². The van der Waals surface area contributed by atoms with Crippen molar-refractivity contribution in [3.05, 3.63) is 97.1 Å². The number of H-pyrrole nitrogens is 2. The Labute approximate surface area is 262 Å². The monoisotopic (exact) mass is 680 g/mol. The van der Waals surface area contributed by atoms with Crippen LogP contribution in [0.1, 0.15) is 0 Å². The van der Waals surface area contributed by atoms with E-state index in [9.17, 15) is 0 Å². The van der Waals surface area contributed by atoms with Gasteiger partial charge in [0.1, 0.15) is 22.6 Å². The number of hydrogen-bond donors (Lipinski definition) is 2. The molecule has 2 aliphatic heterocycles. The molecule has 0 atom stereocenters. The molecule has 5 heterocycles. The van der Waals surface area contributed by atoms with Crippen LogP contribution in [-0.2, 0) is 0 Å². The van der Waals surface area contributed by atoms with Gasteiger partial charge in [-0.25, -0.2) is 29.9 Å². The van der Waals surface area contributed by atoms with Gasteiger partial charge in [-0.1, -0.05) is 97.1 Å². The Morgan fingerprint density at radius 2 is 0.561 bits per heavy atom. The quantitative estimate of drug-likeness (QED) is 0.181. The number of aromatic amines is 2. The van der Waals surface area contributed by atoms with Crippen LogP contribution in [0.3, 0.4) is 0 Å². The second-order valence-electron chi connectivity index (χ2n) is 9.79. The third-order valence-electron chi connectivity index (χ3n) is 7.46. The summed E-state index contributed by atoms with van der Waals surface area (Å²) >= 11 is 0. The van der Waals surface area contributed by atoms with Gasteiger partial charge in [-0.2, -0.15) is 0 Å². The summed E-state index contributed by atoms with van der Waals surface area (Å²) in [5.74, 6) is 2.39. The first-order valence-electron chi connectivity index (χ1n) is 13.0. The summed E-state index contributed by atoms with van der Waals surface area (Å²) in [6, 6.07) is 32.2. The van der Waals surface area contributed by atoms with Gasteiger partial charge in [0, 0.05) is 81.1 Å². The molecule has 8 bridgehead atoms. The summed E-state index contributed by atoms with van der Waals surface area (Å²) in [6.07, 6.45) is 0. The Bertz CT molecular complexity index is 2030. The first-order valence-corrected chi connectivity index (χ1v) is 13.0. The second-order valence-corrected chi connectivity index (χ2v) is 9.79. The molecule has 3 aromatic heterocycles. The number of aromatic nitrogens is 8. The zero-order valence-corrected chi connectivity index (χ0v) is 23.1. The van der Waals surface area contributed by atoms with E-state index in [-0.39, 0.29) is 37.3 Å². The van der Waals surface area contributed by atoms with E-state index < -0.39 is 0 Å². The molecule has 41 heavy (non-hydrogen) atoms. The van der Waals surface area contributed by atoms with Crippen LogP contribution in [0.25, 0.3) is 89.7 Å². The van der Waals surface area contributed by atoms with E-state index in [0.29, 0.717) is 45.9 Å². The third-order valence-corrected chi connectivity index (χ3v) is 7.46. The Morgan fingerprint density at radius 1 is 0.317 bits per heavy atom. The Morgan fingerprint density at radius 3 is 0.829 bits per heavy atom. The number of benzene rings is 4. The summed E-state index contributed by atoms with van der Waals surface area (Å²) in [5, 5.41) is 3.82. The molecule has 9 rings (SSSR count). The van der Waals surface area contributed by atoms with E-state index in [1.54, 1.807) is 0 Å². The maximum Gasteiger partial charge on any atom is 0.164 e. The Hall–Kier alpha value is -4.51. The largest absolute Gasteiger partial charge is 0.324 e. The minimum atomic E-state index is 0. The van der Waals surface area contributed by atoms with E-state index in [4.69, 9.17) is 29.9 Å². The van der Waals surface area contributed by atoms with Crippen LogP contribution >= 0.6 is 0 Å².